The summed E-state index contributed by atoms with van der Waals surface area (Å²) < 4.78 is 36.6. The normalized spacial score (nSPS) is 24.2. The van der Waals surface area contributed by atoms with Crippen LogP contribution < -0.4 is 5.14 Å². The van der Waals surface area contributed by atoms with Crippen LogP contribution in [-0.2, 0) is 15.7 Å². The van der Waals surface area contributed by atoms with Crippen LogP contribution in [0.5, 0.6) is 0 Å². The lowest BCUT2D eigenvalue weighted by atomic mass is 10.0. The summed E-state index contributed by atoms with van der Waals surface area (Å²) in [6, 6.07) is 3.45. The summed E-state index contributed by atoms with van der Waals surface area (Å²) in [6.45, 7) is 4.78. The first-order valence-corrected chi connectivity index (χ1v) is 9.27. The summed E-state index contributed by atoms with van der Waals surface area (Å²) in [4.78, 5) is 5.36. The van der Waals surface area contributed by atoms with Gasteiger partial charge in [0.2, 0.25) is 10.0 Å². The molecule has 1 aromatic rings. The molecule has 1 heterocycles. The zero-order chi connectivity index (χ0) is 16.5. The van der Waals surface area contributed by atoms with Gasteiger partial charge in [-0.05, 0) is 26.0 Å². The van der Waals surface area contributed by atoms with Crippen LogP contribution in [0.1, 0.15) is 19.4 Å². The Balaban J connectivity index is 2.54. The Kier molecular flexibility index (Phi) is 4.81. The first-order chi connectivity index (χ1) is 10.2. The lowest BCUT2D eigenvalue weighted by Gasteiger charge is -2.34. The highest BCUT2D eigenvalue weighted by Gasteiger charge is 2.44. The van der Waals surface area contributed by atoms with E-state index in [-0.39, 0.29) is 11.3 Å². The Morgan fingerprint density at radius 2 is 2.18 bits per heavy atom. The van der Waals surface area contributed by atoms with Gasteiger partial charge in [-0.25, -0.2) is 17.9 Å². The second-order valence-electron chi connectivity index (χ2n) is 4.80. The highest BCUT2D eigenvalue weighted by molar-refractivity contribution is 8.14. The van der Waals surface area contributed by atoms with Gasteiger partial charge in [-0.1, -0.05) is 17.8 Å². The highest BCUT2D eigenvalue weighted by atomic mass is 32.2. The molecule has 1 atom stereocenters. The van der Waals surface area contributed by atoms with E-state index in [1.165, 1.54) is 17.8 Å². The van der Waals surface area contributed by atoms with E-state index in [4.69, 9.17) is 5.14 Å². The number of nitrogens with two attached hydrogens (primary N) is 1. The van der Waals surface area contributed by atoms with Crippen molar-refractivity contribution >= 4 is 27.0 Å². The summed E-state index contributed by atoms with van der Waals surface area (Å²) in [5.41, 5.74) is -1.17. The first-order valence-electron chi connectivity index (χ1n) is 6.74. The second kappa shape index (κ2) is 6.15. The molecule has 0 amide bonds. The average Bonchev–Trinajstić information content (AvgIpc) is 2.76. The number of hydrogen-bond acceptors (Lipinski definition) is 5. The Morgan fingerprint density at radius 3 is 2.73 bits per heavy atom. The predicted molar refractivity (Wildman–Crippen MR) is 84.5 cm³/mol. The van der Waals surface area contributed by atoms with E-state index >= 15 is 0 Å². The zero-order valence-electron chi connectivity index (χ0n) is 12.3. The van der Waals surface area contributed by atoms with Gasteiger partial charge in [0.05, 0.1) is 5.75 Å². The molecule has 0 spiro atoms. The maximum absolute atomic E-state index is 13.7. The Bertz CT molecular complexity index is 708. The zero-order valence-corrected chi connectivity index (χ0v) is 13.9. The maximum Gasteiger partial charge on any atom is 0.240 e. The standard InChI is InChI=1S/C13H18FN3O3S2/c1-3-16-12-17(4-2)13(18,8-21-12)9-5-6-10(14)11(7-9)22(15,19)20/h5-7,18H,3-4,8H2,1-2H3,(H2,15,19,20). The molecular formula is C13H18FN3O3S2. The van der Waals surface area contributed by atoms with Gasteiger partial charge < -0.3 is 10.0 Å². The molecule has 0 bridgehead atoms. The van der Waals surface area contributed by atoms with Gasteiger partial charge in [-0.2, -0.15) is 0 Å². The van der Waals surface area contributed by atoms with Crippen molar-refractivity contribution in [1.29, 1.82) is 0 Å². The van der Waals surface area contributed by atoms with Crippen molar-refractivity contribution in [2.24, 2.45) is 10.1 Å². The molecule has 1 aliphatic heterocycles. The van der Waals surface area contributed by atoms with Crippen molar-refractivity contribution < 1.29 is 17.9 Å². The van der Waals surface area contributed by atoms with E-state index in [0.29, 0.717) is 18.3 Å². The summed E-state index contributed by atoms with van der Waals surface area (Å²) >= 11 is 1.37. The number of rotatable bonds is 4. The fraction of sp³-hybridized carbons (Fsp3) is 0.462. The van der Waals surface area contributed by atoms with E-state index in [9.17, 15) is 17.9 Å². The lowest BCUT2D eigenvalue weighted by molar-refractivity contribution is -0.0455. The fourth-order valence-electron chi connectivity index (χ4n) is 2.35. The monoisotopic (exact) mass is 347 g/mol. The van der Waals surface area contributed by atoms with Crippen LogP contribution in [0.15, 0.2) is 28.1 Å². The van der Waals surface area contributed by atoms with E-state index in [1.54, 1.807) is 4.90 Å². The number of nitrogens with zero attached hydrogens (tertiary/aromatic N) is 2. The molecule has 0 aliphatic carbocycles. The van der Waals surface area contributed by atoms with Crippen LogP contribution in [0, 0.1) is 5.82 Å². The van der Waals surface area contributed by atoms with Crippen molar-refractivity contribution in [3.05, 3.63) is 29.6 Å². The van der Waals surface area contributed by atoms with Crippen LogP contribution >= 0.6 is 11.8 Å². The smallest absolute Gasteiger partial charge is 0.240 e. The van der Waals surface area contributed by atoms with Crippen LogP contribution in [-0.4, -0.2) is 42.4 Å². The molecule has 0 radical (unpaired) electrons. The van der Waals surface area contributed by atoms with Gasteiger partial charge >= 0.3 is 0 Å². The second-order valence-corrected chi connectivity index (χ2v) is 7.27. The van der Waals surface area contributed by atoms with Crippen LogP contribution in [0.25, 0.3) is 0 Å². The van der Waals surface area contributed by atoms with Crippen molar-refractivity contribution in [1.82, 2.24) is 4.90 Å². The third kappa shape index (κ3) is 2.98. The van der Waals surface area contributed by atoms with Crippen molar-refractivity contribution in [3.8, 4) is 0 Å². The Labute approximate surface area is 133 Å². The molecule has 6 nitrogen and oxygen atoms in total. The highest BCUT2D eigenvalue weighted by Crippen LogP contribution is 2.39. The topological polar surface area (TPSA) is 96.0 Å². The molecule has 0 aromatic heterocycles. The molecule has 1 unspecified atom stereocenters. The summed E-state index contributed by atoms with van der Waals surface area (Å²) in [5, 5.41) is 16.7. The van der Waals surface area contributed by atoms with Gasteiger partial charge in [0.15, 0.2) is 10.9 Å². The molecule has 3 N–H and O–H groups in total. The molecule has 122 valence electrons. The predicted octanol–water partition coefficient (Wildman–Crippen LogP) is 1.06. The average molecular weight is 347 g/mol. The molecule has 22 heavy (non-hydrogen) atoms. The minimum atomic E-state index is -4.20. The number of aliphatic hydroxyl groups is 1. The number of sulfonamides is 1. The molecule has 1 saturated heterocycles. The molecular weight excluding hydrogens is 329 g/mol. The number of primary sulfonamides is 1. The Hall–Kier alpha value is -1.16. The van der Waals surface area contributed by atoms with Crippen LogP contribution in [0.2, 0.25) is 0 Å². The third-order valence-corrected chi connectivity index (χ3v) is 5.47. The largest absolute Gasteiger partial charge is 0.366 e. The van der Waals surface area contributed by atoms with E-state index in [1.807, 2.05) is 13.8 Å². The molecule has 1 fully saturated rings. The molecule has 2 rings (SSSR count). The van der Waals surface area contributed by atoms with Gasteiger partial charge in [0.1, 0.15) is 10.7 Å². The Morgan fingerprint density at radius 1 is 1.50 bits per heavy atom. The molecule has 1 aliphatic rings. The number of benzene rings is 1. The summed E-state index contributed by atoms with van der Waals surface area (Å²) in [7, 11) is -4.20. The first kappa shape index (κ1) is 17.2. The molecule has 1 aromatic carbocycles. The maximum atomic E-state index is 13.7. The van der Waals surface area contributed by atoms with Crippen molar-refractivity contribution in [2.45, 2.75) is 24.5 Å². The minimum Gasteiger partial charge on any atom is -0.366 e. The molecule has 0 saturated carbocycles. The van der Waals surface area contributed by atoms with E-state index in [2.05, 4.69) is 4.99 Å². The van der Waals surface area contributed by atoms with Gasteiger partial charge in [-0.3, -0.25) is 4.99 Å². The van der Waals surface area contributed by atoms with Crippen LogP contribution in [0.3, 0.4) is 0 Å². The third-order valence-electron chi connectivity index (χ3n) is 3.39. The van der Waals surface area contributed by atoms with E-state index < -0.39 is 26.5 Å². The molecule has 9 heteroatoms. The van der Waals surface area contributed by atoms with Gasteiger partial charge in [0.25, 0.3) is 0 Å². The van der Waals surface area contributed by atoms with Gasteiger partial charge in [0, 0.05) is 18.7 Å². The fourth-order valence-corrected chi connectivity index (χ4v) is 4.29. The summed E-state index contributed by atoms with van der Waals surface area (Å²) in [6.07, 6.45) is 0. The number of amidine groups is 1. The van der Waals surface area contributed by atoms with Crippen molar-refractivity contribution in [3.63, 3.8) is 0 Å². The lowest BCUT2D eigenvalue weighted by Crippen LogP contribution is -2.45. The van der Waals surface area contributed by atoms with E-state index in [0.717, 1.165) is 12.1 Å². The van der Waals surface area contributed by atoms with Crippen molar-refractivity contribution in [2.75, 3.05) is 18.8 Å². The van der Waals surface area contributed by atoms with Crippen LogP contribution in [0.4, 0.5) is 4.39 Å². The van der Waals surface area contributed by atoms with Gasteiger partial charge in [-0.15, -0.1) is 0 Å². The quantitative estimate of drug-likeness (QED) is 0.849. The minimum absolute atomic E-state index is 0.272. The number of halogens is 1. The number of aliphatic imine (C=N–C) groups is 1. The number of thioether (sulfide) groups is 1. The SMILES string of the molecule is CCN=C1SCC(O)(c2ccc(F)c(S(N)(=O)=O)c2)N1CC. The summed E-state index contributed by atoms with van der Waals surface area (Å²) in [5.74, 6) is -0.666. The number of hydrogen-bond donors (Lipinski definition) is 2.